The molecular formula is C20H31NO4. The van der Waals surface area contributed by atoms with E-state index in [0.29, 0.717) is 19.7 Å². The van der Waals surface area contributed by atoms with Crippen LogP contribution in [0, 0.1) is 13.8 Å². The van der Waals surface area contributed by atoms with Crippen LogP contribution < -0.4 is 4.74 Å². The number of carbonyl (C=O) groups excluding carboxylic acids is 2. The summed E-state index contributed by atoms with van der Waals surface area (Å²) in [5.41, 5.74) is 2.10. The van der Waals surface area contributed by atoms with Crippen molar-refractivity contribution >= 4 is 11.9 Å². The molecule has 0 radical (unpaired) electrons. The van der Waals surface area contributed by atoms with Gasteiger partial charge in [0.2, 0.25) is 0 Å². The molecule has 1 amide bonds. The molecular weight excluding hydrogens is 318 g/mol. The van der Waals surface area contributed by atoms with E-state index in [-0.39, 0.29) is 24.9 Å². The van der Waals surface area contributed by atoms with E-state index in [1.807, 2.05) is 32.0 Å². The first-order valence-electron chi connectivity index (χ1n) is 9.11. The van der Waals surface area contributed by atoms with E-state index >= 15 is 0 Å². The van der Waals surface area contributed by atoms with Crippen LogP contribution in [0.2, 0.25) is 0 Å². The van der Waals surface area contributed by atoms with Gasteiger partial charge in [-0.2, -0.15) is 0 Å². The minimum absolute atomic E-state index is 0.0146. The summed E-state index contributed by atoms with van der Waals surface area (Å²) in [6.07, 6.45) is 3.28. The van der Waals surface area contributed by atoms with Crippen LogP contribution >= 0.6 is 0 Å². The third-order valence-electron chi connectivity index (χ3n) is 3.97. The predicted molar refractivity (Wildman–Crippen MR) is 98.8 cm³/mol. The van der Waals surface area contributed by atoms with E-state index in [1.165, 1.54) is 0 Å². The first-order valence-corrected chi connectivity index (χ1v) is 9.11. The first kappa shape index (κ1) is 21.0. The van der Waals surface area contributed by atoms with Crippen molar-refractivity contribution in [2.45, 2.75) is 53.4 Å². The van der Waals surface area contributed by atoms with Gasteiger partial charge in [-0.1, -0.05) is 31.9 Å². The van der Waals surface area contributed by atoms with Crippen molar-refractivity contribution in [3.63, 3.8) is 0 Å². The molecule has 0 aliphatic carbocycles. The largest absolute Gasteiger partial charge is 0.483 e. The van der Waals surface area contributed by atoms with E-state index in [1.54, 1.807) is 11.8 Å². The lowest BCUT2D eigenvalue weighted by Gasteiger charge is -2.22. The van der Waals surface area contributed by atoms with Crippen LogP contribution in [0.3, 0.4) is 0 Å². The van der Waals surface area contributed by atoms with Gasteiger partial charge in [-0.25, -0.2) is 0 Å². The smallest absolute Gasteiger partial charge is 0.307 e. The fraction of sp³-hybridized carbons (Fsp3) is 0.600. The molecule has 0 unspecified atom stereocenters. The molecule has 0 atom stereocenters. The summed E-state index contributed by atoms with van der Waals surface area (Å²) in [6.45, 7) is 9.20. The highest BCUT2D eigenvalue weighted by Gasteiger charge is 2.16. The lowest BCUT2D eigenvalue weighted by Crippen LogP contribution is -2.37. The minimum Gasteiger partial charge on any atom is -0.483 e. The molecule has 0 aromatic heterocycles. The number of amides is 1. The van der Waals surface area contributed by atoms with E-state index in [4.69, 9.17) is 9.47 Å². The van der Waals surface area contributed by atoms with Gasteiger partial charge in [0, 0.05) is 13.1 Å². The zero-order chi connectivity index (χ0) is 18.7. The second kappa shape index (κ2) is 11.5. The number of rotatable bonds is 11. The van der Waals surface area contributed by atoms with E-state index in [2.05, 4.69) is 6.92 Å². The van der Waals surface area contributed by atoms with Crippen molar-refractivity contribution in [1.29, 1.82) is 0 Å². The number of hydrogen-bond acceptors (Lipinski definition) is 4. The first-order chi connectivity index (χ1) is 12.0. The number of ether oxygens (including phenoxy) is 2. The number of benzene rings is 1. The highest BCUT2D eigenvalue weighted by Crippen LogP contribution is 2.19. The monoisotopic (exact) mass is 349 g/mol. The van der Waals surface area contributed by atoms with Gasteiger partial charge in [-0.15, -0.1) is 0 Å². The highest BCUT2D eigenvalue weighted by molar-refractivity contribution is 5.78. The van der Waals surface area contributed by atoms with Gasteiger partial charge < -0.3 is 14.4 Å². The van der Waals surface area contributed by atoms with Crippen LogP contribution in [-0.4, -0.2) is 43.1 Å². The third kappa shape index (κ3) is 8.05. The summed E-state index contributed by atoms with van der Waals surface area (Å²) in [5.74, 6) is 0.361. The van der Waals surface area contributed by atoms with Gasteiger partial charge >= 0.3 is 5.97 Å². The van der Waals surface area contributed by atoms with Gasteiger partial charge in [-0.3, -0.25) is 9.59 Å². The van der Waals surface area contributed by atoms with Gasteiger partial charge in [0.1, 0.15) is 5.75 Å². The van der Waals surface area contributed by atoms with Crippen LogP contribution in [0.25, 0.3) is 0 Å². The number of carbonyl (C=O) groups is 2. The van der Waals surface area contributed by atoms with Crippen LogP contribution in [0.5, 0.6) is 5.75 Å². The Labute approximate surface area is 151 Å². The Morgan fingerprint density at radius 2 is 1.84 bits per heavy atom. The van der Waals surface area contributed by atoms with Crippen molar-refractivity contribution < 1.29 is 19.1 Å². The maximum absolute atomic E-state index is 12.5. The summed E-state index contributed by atoms with van der Waals surface area (Å²) in [7, 11) is 0. The van der Waals surface area contributed by atoms with Gasteiger partial charge in [0.25, 0.3) is 5.91 Å². The molecule has 0 aliphatic heterocycles. The van der Waals surface area contributed by atoms with Crippen molar-refractivity contribution in [2.24, 2.45) is 0 Å². The van der Waals surface area contributed by atoms with E-state index < -0.39 is 0 Å². The standard InChI is InChI=1S/C20H31NO4/c1-5-7-8-12-21(13-11-20(23)24-6-2)19(22)15-25-18-14-16(3)9-10-17(18)4/h9-10,14H,5-8,11-13,15H2,1-4H3. The normalized spacial score (nSPS) is 10.4. The third-order valence-corrected chi connectivity index (χ3v) is 3.97. The Morgan fingerprint density at radius 3 is 2.52 bits per heavy atom. The molecule has 0 aliphatic rings. The molecule has 0 spiro atoms. The molecule has 140 valence electrons. The maximum Gasteiger partial charge on any atom is 0.307 e. The summed E-state index contributed by atoms with van der Waals surface area (Å²) >= 11 is 0. The molecule has 0 saturated heterocycles. The molecule has 1 aromatic carbocycles. The van der Waals surface area contributed by atoms with Crippen molar-refractivity contribution in [1.82, 2.24) is 4.90 Å². The predicted octanol–water partition coefficient (Wildman–Crippen LogP) is 3.65. The highest BCUT2D eigenvalue weighted by atomic mass is 16.5. The molecule has 1 rings (SSSR count). The van der Waals surface area contributed by atoms with Crippen molar-refractivity contribution in [2.75, 3.05) is 26.3 Å². The summed E-state index contributed by atoms with van der Waals surface area (Å²) in [4.78, 5) is 25.8. The maximum atomic E-state index is 12.5. The number of nitrogens with zero attached hydrogens (tertiary/aromatic N) is 1. The summed E-state index contributed by atoms with van der Waals surface area (Å²) in [6, 6.07) is 5.93. The molecule has 0 saturated carbocycles. The van der Waals surface area contributed by atoms with Crippen molar-refractivity contribution in [3.8, 4) is 5.75 Å². The lowest BCUT2D eigenvalue weighted by molar-refractivity contribution is -0.144. The van der Waals surface area contributed by atoms with E-state index in [0.717, 1.165) is 36.1 Å². The van der Waals surface area contributed by atoms with Crippen LogP contribution in [-0.2, 0) is 14.3 Å². The molecule has 0 bridgehead atoms. The number of aryl methyl sites for hydroxylation is 2. The number of hydrogen-bond donors (Lipinski definition) is 0. The van der Waals surface area contributed by atoms with E-state index in [9.17, 15) is 9.59 Å². The topological polar surface area (TPSA) is 55.8 Å². The summed E-state index contributed by atoms with van der Waals surface area (Å²) < 4.78 is 10.7. The molecule has 0 fully saturated rings. The molecule has 0 N–H and O–H groups in total. The molecule has 0 heterocycles. The van der Waals surface area contributed by atoms with Crippen LogP contribution in [0.15, 0.2) is 18.2 Å². The average molecular weight is 349 g/mol. The Hall–Kier alpha value is -2.04. The zero-order valence-corrected chi connectivity index (χ0v) is 16.0. The molecule has 25 heavy (non-hydrogen) atoms. The Morgan fingerprint density at radius 1 is 1.08 bits per heavy atom. The second-order valence-corrected chi connectivity index (χ2v) is 6.20. The second-order valence-electron chi connectivity index (χ2n) is 6.20. The van der Waals surface area contributed by atoms with Gasteiger partial charge in [0.15, 0.2) is 6.61 Å². The Balaban J connectivity index is 2.60. The van der Waals surface area contributed by atoms with Gasteiger partial charge in [0.05, 0.1) is 13.0 Å². The SMILES string of the molecule is CCCCCN(CCC(=O)OCC)C(=O)COc1cc(C)ccc1C. The Bertz CT molecular complexity index is 557. The van der Waals surface area contributed by atoms with Crippen LogP contribution in [0.1, 0.15) is 50.7 Å². The quantitative estimate of drug-likeness (QED) is 0.452. The number of esters is 1. The fourth-order valence-corrected chi connectivity index (χ4v) is 2.47. The molecule has 5 nitrogen and oxygen atoms in total. The number of unbranched alkanes of at least 4 members (excludes halogenated alkanes) is 2. The zero-order valence-electron chi connectivity index (χ0n) is 16.0. The van der Waals surface area contributed by atoms with Gasteiger partial charge in [-0.05, 0) is 44.4 Å². The average Bonchev–Trinajstić information content (AvgIpc) is 2.58. The van der Waals surface area contributed by atoms with Crippen molar-refractivity contribution in [3.05, 3.63) is 29.3 Å². The summed E-state index contributed by atoms with van der Waals surface area (Å²) in [5, 5.41) is 0. The minimum atomic E-state index is -0.272. The molecule has 1 aromatic rings. The lowest BCUT2D eigenvalue weighted by atomic mass is 10.1. The van der Waals surface area contributed by atoms with Crippen LogP contribution in [0.4, 0.5) is 0 Å². The molecule has 5 heteroatoms. The Kier molecular flexibility index (Phi) is 9.66. The fourth-order valence-electron chi connectivity index (χ4n) is 2.47.